The van der Waals surface area contributed by atoms with E-state index in [1.165, 1.54) is 24.1 Å². The molecule has 1 unspecified atom stereocenters. The molecule has 18 heavy (non-hydrogen) atoms. The summed E-state index contributed by atoms with van der Waals surface area (Å²) in [6.07, 6.45) is 2.06. The smallest absolute Gasteiger partial charge is 0.0444 e. The van der Waals surface area contributed by atoms with E-state index in [9.17, 15) is 0 Å². The monoisotopic (exact) mass is 266 g/mol. The largest absolute Gasteiger partial charge is 0.325 e. The first kappa shape index (κ1) is 13.9. The average molecular weight is 267 g/mol. The maximum absolute atomic E-state index is 6.43. The van der Waals surface area contributed by atoms with E-state index in [4.69, 9.17) is 17.3 Å². The van der Waals surface area contributed by atoms with Gasteiger partial charge in [-0.05, 0) is 63.4 Å². The van der Waals surface area contributed by atoms with Crippen LogP contribution in [0.25, 0.3) is 0 Å². The first-order valence-electron chi connectivity index (χ1n) is 6.61. The van der Waals surface area contributed by atoms with Crippen molar-refractivity contribution < 1.29 is 0 Å². The molecule has 0 aliphatic carbocycles. The number of benzene rings is 1. The van der Waals surface area contributed by atoms with E-state index in [0.29, 0.717) is 5.92 Å². The van der Waals surface area contributed by atoms with Gasteiger partial charge in [0, 0.05) is 17.1 Å². The molecule has 100 valence electrons. The minimum Gasteiger partial charge on any atom is -0.325 e. The Hall–Kier alpha value is -0.570. The van der Waals surface area contributed by atoms with E-state index in [1.807, 2.05) is 13.8 Å². The number of likely N-dealkylation sites (N-methyl/N-ethyl adjacent to an activating group) is 1. The summed E-state index contributed by atoms with van der Waals surface area (Å²) >= 11 is 6.43. The summed E-state index contributed by atoms with van der Waals surface area (Å²) < 4.78 is 0. The lowest BCUT2D eigenvalue weighted by Crippen LogP contribution is -2.34. The molecular formula is C15H23ClN2. The molecule has 1 heterocycles. The van der Waals surface area contributed by atoms with Gasteiger partial charge in [0.1, 0.15) is 0 Å². The van der Waals surface area contributed by atoms with Crippen molar-refractivity contribution in [1.29, 1.82) is 0 Å². The Kier molecular flexibility index (Phi) is 4.00. The molecule has 1 aliphatic rings. The standard InChI is InChI=1S/C15H23ClN2/c1-15(2,17)9-11-4-5-13(14(16)8-11)12-6-7-18(3)10-12/h4-5,8,12H,6-7,9-10,17H2,1-3H3. The number of nitrogens with two attached hydrogens (primary N) is 1. The summed E-state index contributed by atoms with van der Waals surface area (Å²) in [5.41, 5.74) is 8.38. The first-order chi connectivity index (χ1) is 8.35. The molecule has 0 aromatic heterocycles. The molecule has 0 radical (unpaired) electrons. The van der Waals surface area contributed by atoms with Crippen LogP contribution in [-0.4, -0.2) is 30.6 Å². The molecule has 1 aliphatic heterocycles. The third-order valence-electron chi connectivity index (χ3n) is 3.56. The number of likely N-dealkylation sites (tertiary alicyclic amines) is 1. The highest BCUT2D eigenvalue weighted by Gasteiger charge is 2.23. The van der Waals surface area contributed by atoms with Crippen molar-refractivity contribution in [2.24, 2.45) is 5.73 Å². The van der Waals surface area contributed by atoms with Crippen LogP contribution in [0.3, 0.4) is 0 Å². The van der Waals surface area contributed by atoms with E-state index in [-0.39, 0.29) is 5.54 Å². The van der Waals surface area contributed by atoms with Gasteiger partial charge in [-0.25, -0.2) is 0 Å². The lowest BCUT2D eigenvalue weighted by atomic mass is 9.92. The lowest BCUT2D eigenvalue weighted by Gasteiger charge is -2.20. The first-order valence-corrected chi connectivity index (χ1v) is 6.99. The van der Waals surface area contributed by atoms with E-state index in [2.05, 4.69) is 30.1 Å². The fraction of sp³-hybridized carbons (Fsp3) is 0.600. The summed E-state index contributed by atoms with van der Waals surface area (Å²) in [7, 11) is 2.17. The molecule has 1 fully saturated rings. The zero-order valence-corrected chi connectivity index (χ0v) is 12.3. The van der Waals surface area contributed by atoms with Crippen molar-refractivity contribution in [3.8, 4) is 0 Å². The fourth-order valence-corrected chi connectivity index (χ4v) is 3.08. The maximum atomic E-state index is 6.43. The van der Waals surface area contributed by atoms with Crippen LogP contribution in [0.1, 0.15) is 37.3 Å². The summed E-state index contributed by atoms with van der Waals surface area (Å²) in [5.74, 6) is 0.586. The Morgan fingerprint density at radius 2 is 2.17 bits per heavy atom. The normalized spacial score (nSPS) is 21.5. The zero-order valence-electron chi connectivity index (χ0n) is 11.5. The molecule has 2 N–H and O–H groups in total. The van der Waals surface area contributed by atoms with Crippen LogP contribution >= 0.6 is 11.6 Å². The predicted octanol–water partition coefficient (Wildman–Crippen LogP) is 3.04. The lowest BCUT2D eigenvalue weighted by molar-refractivity contribution is 0.411. The number of rotatable bonds is 3. The van der Waals surface area contributed by atoms with Gasteiger partial charge in [-0.15, -0.1) is 0 Å². The molecule has 0 saturated carbocycles. The molecule has 2 nitrogen and oxygen atoms in total. The van der Waals surface area contributed by atoms with Crippen molar-refractivity contribution in [1.82, 2.24) is 4.90 Å². The van der Waals surface area contributed by atoms with E-state index < -0.39 is 0 Å². The van der Waals surface area contributed by atoms with Gasteiger partial charge in [0.2, 0.25) is 0 Å². The minimum atomic E-state index is -0.182. The zero-order chi connectivity index (χ0) is 13.3. The van der Waals surface area contributed by atoms with Crippen molar-refractivity contribution in [2.45, 2.75) is 38.1 Å². The Labute approximate surface area is 115 Å². The van der Waals surface area contributed by atoms with Crippen LogP contribution in [0.2, 0.25) is 5.02 Å². The third kappa shape index (κ3) is 3.47. The highest BCUT2D eigenvalue weighted by Crippen LogP contribution is 2.32. The van der Waals surface area contributed by atoms with Crippen LogP contribution in [0.5, 0.6) is 0 Å². The van der Waals surface area contributed by atoms with Crippen LogP contribution in [0, 0.1) is 0 Å². The second kappa shape index (κ2) is 5.20. The van der Waals surface area contributed by atoms with Crippen molar-refractivity contribution in [3.05, 3.63) is 34.3 Å². The average Bonchev–Trinajstić information content (AvgIpc) is 2.62. The third-order valence-corrected chi connectivity index (χ3v) is 3.88. The maximum Gasteiger partial charge on any atom is 0.0444 e. The van der Waals surface area contributed by atoms with Gasteiger partial charge in [-0.2, -0.15) is 0 Å². The van der Waals surface area contributed by atoms with Gasteiger partial charge in [0.25, 0.3) is 0 Å². The second-order valence-electron chi connectivity index (χ2n) is 6.27. The summed E-state index contributed by atoms with van der Waals surface area (Å²) in [6, 6.07) is 6.45. The van der Waals surface area contributed by atoms with Crippen molar-refractivity contribution >= 4 is 11.6 Å². The van der Waals surface area contributed by atoms with Crippen molar-refractivity contribution in [3.63, 3.8) is 0 Å². The Morgan fingerprint density at radius 3 is 2.67 bits per heavy atom. The van der Waals surface area contributed by atoms with Crippen LogP contribution in [0.4, 0.5) is 0 Å². The molecular weight excluding hydrogens is 244 g/mol. The number of hydrogen-bond acceptors (Lipinski definition) is 2. The SMILES string of the molecule is CN1CCC(c2ccc(CC(C)(C)N)cc2Cl)C1. The van der Waals surface area contributed by atoms with E-state index in [1.54, 1.807) is 0 Å². The molecule has 0 bridgehead atoms. The molecule has 2 rings (SSSR count). The molecule has 1 saturated heterocycles. The van der Waals surface area contributed by atoms with Crippen LogP contribution in [0.15, 0.2) is 18.2 Å². The number of halogens is 1. The Bertz CT molecular complexity index is 423. The molecule has 1 aromatic carbocycles. The van der Waals surface area contributed by atoms with Gasteiger partial charge in [-0.3, -0.25) is 0 Å². The number of nitrogens with zero attached hydrogens (tertiary/aromatic N) is 1. The van der Waals surface area contributed by atoms with Gasteiger partial charge in [0.15, 0.2) is 0 Å². The minimum absolute atomic E-state index is 0.182. The summed E-state index contributed by atoms with van der Waals surface area (Å²) in [6.45, 7) is 6.36. The quantitative estimate of drug-likeness (QED) is 0.911. The fourth-order valence-electron chi connectivity index (χ4n) is 2.73. The molecule has 0 amide bonds. The summed E-state index contributed by atoms with van der Waals surface area (Å²) in [5, 5.41) is 0.900. The molecule has 1 atom stereocenters. The van der Waals surface area contributed by atoms with Crippen molar-refractivity contribution in [2.75, 3.05) is 20.1 Å². The van der Waals surface area contributed by atoms with Gasteiger partial charge in [-0.1, -0.05) is 23.7 Å². The summed E-state index contributed by atoms with van der Waals surface area (Å²) in [4.78, 5) is 2.36. The topological polar surface area (TPSA) is 29.3 Å². The van der Waals surface area contributed by atoms with Crippen LogP contribution < -0.4 is 5.73 Å². The Balaban J connectivity index is 2.15. The number of hydrogen-bond donors (Lipinski definition) is 1. The van der Waals surface area contributed by atoms with Gasteiger partial charge in [0.05, 0.1) is 0 Å². The highest BCUT2D eigenvalue weighted by atomic mass is 35.5. The molecule has 1 aromatic rings. The van der Waals surface area contributed by atoms with Gasteiger partial charge < -0.3 is 10.6 Å². The molecule has 3 heteroatoms. The predicted molar refractivity (Wildman–Crippen MR) is 78.3 cm³/mol. The highest BCUT2D eigenvalue weighted by molar-refractivity contribution is 6.31. The second-order valence-corrected chi connectivity index (χ2v) is 6.68. The van der Waals surface area contributed by atoms with E-state index >= 15 is 0 Å². The molecule has 0 spiro atoms. The van der Waals surface area contributed by atoms with E-state index in [0.717, 1.165) is 18.0 Å². The van der Waals surface area contributed by atoms with Crippen LogP contribution in [-0.2, 0) is 6.42 Å². The van der Waals surface area contributed by atoms with Gasteiger partial charge >= 0.3 is 0 Å². The Morgan fingerprint density at radius 1 is 1.44 bits per heavy atom.